The van der Waals surface area contributed by atoms with Crippen molar-refractivity contribution in [2.45, 2.75) is 32.8 Å². The predicted molar refractivity (Wildman–Crippen MR) is 103 cm³/mol. The summed E-state index contributed by atoms with van der Waals surface area (Å²) in [5.74, 6) is -1.12. The van der Waals surface area contributed by atoms with Crippen molar-refractivity contribution in [3.63, 3.8) is 0 Å². The van der Waals surface area contributed by atoms with Crippen molar-refractivity contribution in [1.82, 2.24) is 10.2 Å². The van der Waals surface area contributed by atoms with Crippen molar-refractivity contribution < 1.29 is 33.4 Å². The van der Waals surface area contributed by atoms with E-state index in [1.54, 1.807) is 32.9 Å². The minimum Gasteiger partial charge on any atom is -0.489 e. The highest BCUT2D eigenvalue weighted by Crippen LogP contribution is 2.24. The Morgan fingerprint density at radius 3 is 2.69 bits per heavy atom. The molecule has 0 fully saturated rings. The summed E-state index contributed by atoms with van der Waals surface area (Å²) >= 11 is 0. The minimum absolute atomic E-state index is 0.0956. The van der Waals surface area contributed by atoms with Crippen LogP contribution >= 0.6 is 0 Å². The fraction of sp³-hybridized carbons (Fsp3) is 0.450. The number of halogens is 1. The van der Waals surface area contributed by atoms with Gasteiger partial charge in [-0.3, -0.25) is 9.59 Å². The number of hydrogen-bond donors (Lipinski definition) is 2. The molecular weight excluding hydrogens is 383 g/mol. The molecule has 2 N–H and O–H groups in total. The number of fused-ring (bicyclic) bond motifs is 1. The lowest BCUT2D eigenvalue weighted by Crippen LogP contribution is -2.40. The number of hydrogen-bond acceptors (Lipinski definition) is 5. The Hall–Kier alpha value is -3.10. The zero-order valence-corrected chi connectivity index (χ0v) is 16.7. The molecule has 2 amide bonds. The Labute approximate surface area is 168 Å². The Morgan fingerprint density at radius 2 is 2.07 bits per heavy atom. The van der Waals surface area contributed by atoms with Crippen LogP contribution in [0.3, 0.4) is 0 Å². The van der Waals surface area contributed by atoms with Crippen LogP contribution < -0.4 is 10.1 Å². The first-order valence-electron chi connectivity index (χ1n) is 9.11. The van der Waals surface area contributed by atoms with Crippen LogP contribution in [0.25, 0.3) is 0 Å². The van der Waals surface area contributed by atoms with Crippen LogP contribution in [-0.4, -0.2) is 59.8 Å². The largest absolute Gasteiger partial charge is 0.489 e. The molecule has 9 heteroatoms. The molecule has 0 bridgehead atoms. The second-order valence-electron chi connectivity index (χ2n) is 7.60. The number of amides is 2. The van der Waals surface area contributed by atoms with E-state index in [-0.39, 0.29) is 31.2 Å². The van der Waals surface area contributed by atoms with Crippen LogP contribution in [0.1, 0.15) is 36.7 Å². The van der Waals surface area contributed by atoms with Gasteiger partial charge in [-0.1, -0.05) is 6.07 Å². The van der Waals surface area contributed by atoms with E-state index in [0.717, 1.165) is 5.56 Å². The van der Waals surface area contributed by atoms with Crippen LogP contribution in [0.5, 0.6) is 5.75 Å². The quantitative estimate of drug-likeness (QED) is 0.718. The first-order valence-corrected chi connectivity index (χ1v) is 9.11. The molecule has 158 valence electrons. The predicted octanol–water partition coefficient (Wildman–Crippen LogP) is 2.53. The molecule has 0 aromatic heterocycles. The standard InChI is InChI=1S/C20H25FN2O6/c1-20(2,3)29-19(27)22-10-13(9-21)12-28-15-5-4-14-6-7-23(11-17(24)25)18(26)16(14)8-15/h4-5,8-9H,6-7,10-12H2,1-3H3,(H,22,27)(H,24,25)/b13-9+. The average molecular weight is 408 g/mol. The van der Waals surface area contributed by atoms with Gasteiger partial charge < -0.3 is 24.8 Å². The second kappa shape index (κ2) is 9.40. The molecule has 1 aromatic rings. The highest BCUT2D eigenvalue weighted by molar-refractivity contribution is 5.98. The van der Waals surface area contributed by atoms with E-state index in [0.29, 0.717) is 30.6 Å². The Bertz CT molecular complexity index is 816. The number of ether oxygens (including phenoxy) is 2. The maximum atomic E-state index is 13.1. The van der Waals surface area contributed by atoms with Gasteiger partial charge in [-0.05, 0) is 44.9 Å². The molecule has 1 heterocycles. The third-order valence-corrected chi connectivity index (χ3v) is 4.01. The van der Waals surface area contributed by atoms with Gasteiger partial charge in [0.2, 0.25) is 0 Å². The van der Waals surface area contributed by atoms with Crippen molar-refractivity contribution in [1.29, 1.82) is 0 Å². The fourth-order valence-electron chi connectivity index (χ4n) is 2.70. The Balaban J connectivity index is 1.95. The summed E-state index contributed by atoms with van der Waals surface area (Å²) in [4.78, 5) is 36.3. The van der Waals surface area contributed by atoms with Gasteiger partial charge in [-0.15, -0.1) is 0 Å². The average Bonchev–Trinajstić information content (AvgIpc) is 2.62. The van der Waals surface area contributed by atoms with Crippen molar-refractivity contribution in [3.05, 3.63) is 41.2 Å². The summed E-state index contributed by atoms with van der Waals surface area (Å²) in [7, 11) is 0. The third-order valence-electron chi connectivity index (χ3n) is 4.01. The van der Waals surface area contributed by atoms with Crippen molar-refractivity contribution in [2.24, 2.45) is 0 Å². The fourth-order valence-corrected chi connectivity index (χ4v) is 2.70. The van der Waals surface area contributed by atoms with Crippen LogP contribution in [-0.2, 0) is 16.0 Å². The van der Waals surface area contributed by atoms with Gasteiger partial charge in [0.25, 0.3) is 5.91 Å². The van der Waals surface area contributed by atoms with E-state index in [9.17, 15) is 18.8 Å². The zero-order valence-electron chi connectivity index (χ0n) is 16.7. The van der Waals surface area contributed by atoms with Crippen LogP contribution in [0.15, 0.2) is 30.1 Å². The number of nitrogens with one attached hydrogen (secondary N) is 1. The van der Waals surface area contributed by atoms with Crippen molar-refractivity contribution >= 4 is 18.0 Å². The zero-order chi connectivity index (χ0) is 21.6. The van der Waals surface area contributed by atoms with E-state index >= 15 is 0 Å². The van der Waals surface area contributed by atoms with E-state index in [1.165, 1.54) is 11.0 Å². The highest BCUT2D eigenvalue weighted by atomic mass is 19.1. The summed E-state index contributed by atoms with van der Waals surface area (Å²) in [6.07, 6.45) is 0.217. The Morgan fingerprint density at radius 1 is 1.34 bits per heavy atom. The SMILES string of the molecule is CC(C)(C)OC(=O)NC/C(=C\F)COc1ccc2c(c1)C(=O)N(CC(=O)O)CC2. The molecule has 2 rings (SSSR count). The first-order chi connectivity index (χ1) is 13.6. The van der Waals surface area contributed by atoms with E-state index in [2.05, 4.69) is 5.32 Å². The van der Waals surface area contributed by atoms with Gasteiger partial charge in [0.1, 0.15) is 24.5 Å². The molecule has 8 nitrogen and oxygen atoms in total. The van der Waals surface area contributed by atoms with Gasteiger partial charge >= 0.3 is 12.1 Å². The lowest BCUT2D eigenvalue weighted by molar-refractivity contribution is -0.137. The van der Waals surface area contributed by atoms with Crippen molar-refractivity contribution in [3.8, 4) is 5.75 Å². The molecule has 1 aliphatic rings. The van der Waals surface area contributed by atoms with Gasteiger partial charge in [0.15, 0.2) is 0 Å². The van der Waals surface area contributed by atoms with Crippen molar-refractivity contribution in [2.75, 3.05) is 26.2 Å². The number of carboxylic acids is 1. The van der Waals surface area contributed by atoms with Gasteiger partial charge in [0, 0.05) is 24.2 Å². The molecule has 29 heavy (non-hydrogen) atoms. The molecule has 1 aromatic carbocycles. The summed E-state index contributed by atoms with van der Waals surface area (Å²) in [6, 6.07) is 4.91. The minimum atomic E-state index is -1.08. The molecule has 0 saturated heterocycles. The molecular formula is C20H25FN2O6. The third kappa shape index (κ3) is 6.78. The maximum Gasteiger partial charge on any atom is 0.407 e. The second-order valence-corrected chi connectivity index (χ2v) is 7.60. The summed E-state index contributed by atoms with van der Waals surface area (Å²) in [5, 5.41) is 11.4. The number of nitrogens with zero attached hydrogens (tertiary/aromatic N) is 1. The number of benzene rings is 1. The first kappa shape index (κ1) is 22.2. The summed E-state index contributed by atoms with van der Waals surface area (Å²) in [5.41, 5.74) is 0.682. The number of alkyl carbamates (subject to hydrolysis) is 1. The molecule has 0 atom stereocenters. The van der Waals surface area contributed by atoms with Crippen LogP contribution in [0.4, 0.5) is 9.18 Å². The van der Waals surface area contributed by atoms with E-state index in [4.69, 9.17) is 14.6 Å². The number of rotatable bonds is 7. The maximum absolute atomic E-state index is 13.1. The molecule has 1 aliphatic heterocycles. The smallest absolute Gasteiger partial charge is 0.407 e. The number of carboxylic acid groups (broad SMARTS) is 1. The van der Waals surface area contributed by atoms with E-state index in [1.807, 2.05) is 0 Å². The number of carbonyl (C=O) groups is 3. The Kier molecular flexibility index (Phi) is 7.19. The number of aliphatic carboxylic acids is 1. The van der Waals surface area contributed by atoms with Gasteiger partial charge in [-0.25, -0.2) is 9.18 Å². The molecule has 0 unspecified atom stereocenters. The monoisotopic (exact) mass is 408 g/mol. The van der Waals surface area contributed by atoms with Gasteiger partial charge in [0.05, 0.1) is 6.33 Å². The summed E-state index contributed by atoms with van der Waals surface area (Å²) < 4.78 is 23.7. The molecule has 0 aliphatic carbocycles. The highest BCUT2D eigenvalue weighted by Gasteiger charge is 2.26. The number of carbonyl (C=O) groups excluding carboxylic acids is 2. The normalized spacial score (nSPS) is 14.3. The van der Waals surface area contributed by atoms with Gasteiger partial charge in [-0.2, -0.15) is 0 Å². The van der Waals surface area contributed by atoms with Crippen LogP contribution in [0.2, 0.25) is 0 Å². The lowest BCUT2D eigenvalue weighted by Gasteiger charge is -2.27. The van der Waals surface area contributed by atoms with E-state index < -0.39 is 17.7 Å². The molecule has 0 saturated carbocycles. The topological polar surface area (TPSA) is 105 Å². The summed E-state index contributed by atoms with van der Waals surface area (Å²) in [6.45, 7) is 4.89. The molecule has 0 spiro atoms. The molecule has 0 radical (unpaired) electrons. The van der Waals surface area contributed by atoms with Crippen LogP contribution in [0, 0.1) is 0 Å². The lowest BCUT2D eigenvalue weighted by atomic mass is 9.98.